The van der Waals surface area contributed by atoms with Gasteiger partial charge in [-0.15, -0.1) is 0 Å². The Labute approximate surface area is 121 Å². The predicted octanol–water partition coefficient (Wildman–Crippen LogP) is 1.60. The normalized spacial score (nSPS) is 10.7. The van der Waals surface area contributed by atoms with Gasteiger partial charge in [0.1, 0.15) is 0 Å². The first-order chi connectivity index (χ1) is 9.52. The standard InChI is InChI=1S/C13H26N6O/c1-10(2)20-9-7-6-8-15-12-16-11(14-3)17-13(18-12)19(4)5/h10H,6-9H2,1-5H3,(H2,14,15,16,17,18). The second-order valence-corrected chi connectivity index (χ2v) is 4.98. The highest BCUT2D eigenvalue weighted by atomic mass is 16.5. The van der Waals surface area contributed by atoms with E-state index in [-0.39, 0.29) is 0 Å². The van der Waals surface area contributed by atoms with E-state index < -0.39 is 0 Å². The van der Waals surface area contributed by atoms with Gasteiger partial charge in [-0.3, -0.25) is 0 Å². The Hall–Kier alpha value is -1.63. The summed E-state index contributed by atoms with van der Waals surface area (Å²) in [5.41, 5.74) is 0. The van der Waals surface area contributed by atoms with Gasteiger partial charge in [0.15, 0.2) is 0 Å². The van der Waals surface area contributed by atoms with Crippen LogP contribution in [0.2, 0.25) is 0 Å². The lowest BCUT2D eigenvalue weighted by molar-refractivity contribution is 0.0765. The number of hydrogen-bond acceptors (Lipinski definition) is 7. The van der Waals surface area contributed by atoms with E-state index in [2.05, 4.69) is 25.6 Å². The van der Waals surface area contributed by atoms with Gasteiger partial charge in [0.25, 0.3) is 0 Å². The average molecular weight is 282 g/mol. The Bertz CT molecular complexity index is 396. The molecule has 0 aliphatic carbocycles. The number of hydrogen-bond donors (Lipinski definition) is 2. The molecule has 0 radical (unpaired) electrons. The molecule has 0 saturated carbocycles. The summed E-state index contributed by atoms with van der Waals surface area (Å²) in [5, 5.41) is 6.16. The molecule has 0 atom stereocenters. The zero-order chi connectivity index (χ0) is 15.0. The first-order valence-electron chi connectivity index (χ1n) is 6.99. The van der Waals surface area contributed by atoms with E-state index >= 15 is 0 Å². The maximum atomic E-state index is 5.50. The molecule has 0 aliphatic rings. The van der Waals surface area contributed by atoms with Crippen molar-refractivity contribution in [2.24, 2.45) is 0 Å². The molecule has 0 unspecified atom stereocenters. The molecule has 7 nitrogen and oxygen atoms in total. The lowest BCUT2D eigenvalue weighted by atomic mass is 10.3. The molecule has 1 heterocycles. The third-order valence-electron chi connectivity index (χ3n) is 2.55. The molecule has 0 amide bonds. The molecule has 0 spiro atoms. The minimum absolute atomic E-state index is 0.298. The quantitative estimate of drug-likeness (QED) is 0.666. The minimum Gasteiger partial charge on any atom is -0.379 e. The first kappa shape index (κ1) is 16.4. The highest BCUT2D eigenvalue weighted by Gasteiger charge is 2.06. The number of nitrogens with one attached hydrogen (secondary N) is 2. The monoisotopic (exact) mass is 282 g/mol. The summed E-state index contributed by atoms with van der Waals surface area (Å²) in [5.74, 6) is 1.79. The third-order valence-corrected chi connectivity index (χ3v) is 2.55. The van der Waals surface area contributed by atoms with Crippen molar-refractivity contribution in [3.05, 3.63) is 0 Å². The van der Waals surface area contributed by atoms with Gasteiger partial charge in [-0.05, 0) is 26.7 Å². The topological polar surface area (TPSA) is 75.2 Å². The van der Waals surface area contributed by atoms with Crippen molar-refractivity contribution in [3.63, 3.8) is 0 Å². The fourth-order valence-electron chi connectivity index (χ4n) is 1.50. The van der Waals surface area contributed by atoms with Gasteiger partial charge in [-0.25, -0.2) is 0 Å². The molecule has 20 heavy (non-hydrogen) atoms. The van der Waals surface area contributed by atoms with E-state index in [1.165, 1.54) is 0 Å². The van der Waals surface area contributed by atoms with Crippen LogP contribution in [0, 0.1) is 0 Å². The van der Waals surface area contributed by atoms with Crippen LogP contribution < -0.4 is 15.5 Å². The number of aromatic nitrogens is 3. The SMILES string of the molecule is CNc1nc(NCCCCOC(C)C)nc(N(C)C)n1. The van der Waals surface area contributed by atoms with Crippen LogP contribution >= 0.6 is 0 Å². The van der Waals surface area contributed by atoms with Crippen molar-refractivity contribution >= 4 is 17.8 Å². The maximum Gasteiger partial charge on any atom is 0.231 e. The molecule has 0 bridgehead atoms. The second-order valence-electron chi connectivity index (χ2n) is 4.98. The molecule has 7 heteroatoms. The maximum absolute atomic E-state index is 5.50. The van der Waals surface area contributed by atoms with E-state index in [0.717, 1.165) is 26.0 Å². The van der Waals surface area contributed by atoms with Crippen LogP contribution in [-0.2, 0) is 4.74 Å². The molecule has 1 rings (SSSR count). The third kappa shape index (κ3) is 6.01. The number of nitrogens with zero attached hydrogens (tertiary/aromatic N) is 4. The van der Waals surface area contributed by atoms with Crippen LogP contribution in [0.3, 0.4) is 0 Å². The van der Waals surface area contributed by atoms with Crippen LogP contribution in [0.15, 0.2) is 0 Å². The molecule has 2 N–H and O–H groups in total. The Morgan fingerprint density at radius 3 is 2.40 bits per heavy atom. The van der Waals surface area contributed by atoms with Crippen LogP contribution in [0.25, 0.3) is 0 Å². The van der Waals surface area contributed by atoms with Gasteiger partial charge < -0.3 is 20.3 Å². The van der Waals surface area contributed by atoms with Crippen molar-refractivity contribution in [1.82, 2.24) is 15.0 Å². The summed E-state index contributed by atoms with van der Waals surface area (Å²) in [6, 6.07) is 0. The molecular weight excluding hydrogens is 256 g/mol. The number of rotatable bonds is 9. The van der Waals surface area contributed by atoms with Gasteiger partial charge >= 0.3 is 0 Å². The Morgan fingerprint density at radius 2 is 1.80 bits per heavy atom. The summed E-state index contributed by atoms with van der Waals surface area (Å²) in [6.45, 7) is 5.71. The van der Waals surface area contributed by atoms with E-state index in [0.29, 0.717) is 23.9 Å². The number of ether oxygens (including phenoxy) is 1. The summed E-state index contributed by atoms with van der Waals surface area (Å²) in [4.78, 5) is 14.7. The molecule has 0 aliphatic heterocycles. The van der Waals surface area contributed by atoms with E-state index in [9.17, 15) is 0 Å². The number of unbranched alkanes of at least 4 members (excludes halogenated alkanes) is 1. The average Bonchev–Trinajstić information content (AvgIpc) is 2.41. The highest BCUT2D eigenvalue weighted by molar-refractivity contribution is 5.42. The van der Waals surface area contributed by atoms with Crippen molar-refractivity contribution in [2.45, 2.75) is 32.8 Å². The van der Waals surface area contributed by atoms with Crippen LogP contribution in [0.4, 0.5) is 17.8 Å². The van der Waals surface area contributed by atoms with Gasteiger partial charge in [-0.2, -0.15) is 15.0 Å². The van der Waals surface area contributed by atoms with E-state index in [1.807, 2.05) is 32.8 Å². The second kappa shape index (κ2) is 8.52. The van der Waals surface area contributed by atoms with Gasteiger partial charge in [0.2, 0.25) is 17.8 Å². The van der Waals surface area contributed by atoms with Crippen molar-refractivity contribution in [1.29, 1.82) is 0 Å². The first-order valence-corrected chi connectivity index (χ1v) is 6.99. The predicted molar refractivity (Wildman–Crippen MR) is 82.5 cm³/mol. The van der Waals surface area contributed by atoms with Crippen LogP contribution in [0.5, 0.6) is 0 Å². The Kier molecular flexibility index (Phi) is 7.00. The lowest BCUT2D eigenvalue weighted by Gasteiger charge is -2.13. The van der Waals surface area contributed by atoms with Crippen LogP contribution in [0.1, 0.15) is 26.7 Å². The van der Waals surface area contributed by atoms with Crippen LogP contribution in [-0.4, -0.2) is 55.4 Å². The fourth-order valence-corrected chi connectivity index (χ4v) is 1.50. The summed E-state index contributed by atoms with van der Waals surface area (Å²) < 4.78 is 5.50. The van der Waals surface area contributed by atoms with Crippen molar-refractivity contribution in [3.8, 4) is 0 Å². The van der Waals surface area contributed by atoms with Gasteiger partial charge in [-0.1, -0.05) is 0 Å². The van der Waals surface area contributed by atoms with Gasteiger partial charge in [0.05, 0.1) is 6.10 Å². The van der Waals surface area contributed by atoms with Gasteiger partial charge in [0, 0.05) is 34.3 Å². The largest absolute Gasteiger partial charge is 0.379 e. The lowest BCUT2D eigenvalue weighted by Crippen LogP contribution is -2.17. The van der Waals surface area contributed by atoms with E-state index in [1.54, 1.807) is 7.05 Å². The fraction of sp³-hybridized carbons (Fsp3) is 0.769. The Morgan fingerprint density at radius 1 is 1.10 bits per heavy atom. The van der Waals surface area contributed by atoms with Crippen molar-refractivity contribution in [2.75, 3.05) is 49.8 Å². The highest BCUT2D eigenvalue weighted by Crippen LogP contribution is 2.10. The zero-order valence-electron chi connectivity index (χ0n) is 13.1. The molecular formula is C13H26N6O. The summed E-state index contributed by atoms with van der Waals surface area (Å²) >= 11 is 0. The molecule has 0 aromatic carbocycles. The Balaban J connectivity index is 2.41. The number of anilines is 3. The molecule has 0 fully saturated rings. The smallest absolute Gasteiger partial charge is 0.231 e. The molecule has 114 valence electrons. The van der Waals surface area contributed by atoms with E-state index in [4.69, 9.17) is 4.74 Å². The zero-order valence-corrected chi connectivity index (χ0v) is 13.1. The molecule has 0 saturated heterocycles. The molecule has 1 aromatic heterocycles. The molecule has 1 aromatic rings. The van der Waals surface area contributed by atoms with Crippen molar-refractivity contribution < 1.29 is 4.74 Å². The minimum atomic E-state index is 0.298. The summed E-state index contributed by atoms with van der Waals surface area (Å²) in [6.07, 6.45) is 2.34. The summed E-state index contributed by atoms with van der Waals surface area (Å²) in [7, 11) is 5.60.